The van der Waals surface area contributed by atoms with Crippen LogP contribution in [0, 0.1) is 17.3 Å². The first-order chi connectivity index (χ1) is 15.8. The Hall–Kier alpha value is -3.14. The molecule has 0 bridgehead atoms. The predicted molar refractivity (Wildman–Crippen MR) is 134 cm³/mol. The van der Waals surface area contributed by atoms with E-state index in [0.29, 0.717) is 5.92 Å². The number of benzene rings is 2. The molecule has 0 saturated heterocycles. The van der Waals surface area contributed by atoms with E-state index in [1.165, 1.54) is 12.2 Å². The number of hydrogen-bond acceptors (Lipinski definition) is 4. The Labute approximate surface area is 198 Å². The van der Waals surface area contributed by atoms with Crippen LogP contribution in [0.1, 0.15) is 51.7 Å². The number of esters is 2. The predicted octanol–water partition coefficient (Wildman–Crippen LogP) is 6.58. The quantitative estimate of drug-likeness (QED) is 0.272. The van der Waals surface area contributed by atoms with Gasteiger partial charge >= 0.3 is 11.9 Å². The maximum atomic E-state index is 12.4. The summed E-state index contributed by atoms with van der Waals surface area (Å²) < 4.78 is 11.3. The van der Waals surface area contributed by atoms with Crippen molar-refractivity contribution in [1.82, 2.24) is 0 Å². The van der Waals surface area contributed by atoms with Crippen LogP contribution in [0.4, 0.5) is 0 Å². The van der Waals surface area contributed by atoms with Crippen molar-refractivity contribution in [3.8, 4) is 0 Å². The van der Waals surface area contributed by atoms with Gasteiger partial charge < -0.3 is 9.47 Å². The summed E-state index contributed by atoms with van der Waals surface area (Å²) in [6, 6.07) is 19.2. The monoisotopic (exact) mass is 448 g/mol. The van der Waals surface area contributed by atoms with Crippen LogP contribution in [-0.2, 0) is 19.1 Å². The normalized spacial score (nSPS) is 13.5. The van der Waals surface area contributed by atoms with Gasteiger partial charge in [0.25, 0.3) is 0 Å². The molecule has 0 aliphatic rings. The molecule has 4 nitrogen and oxygen atoms in total. The molecule has 4 heteroatoms. The Morgan fingerprint density at radius 3 is 1.55 bits per heavy atom. The lowest BCUT2D eigenvalue weighted by atomic mass is 9.73. The molecule has 176 valence electrons. The fraction of sp³-hybridized carbons (Fsp3) is 0.379. The molecule has 2 aromatic rings. The Bertz CT molecular complexity index is 846. The minimum atomic E-state index is -0.448. The van der Waals surface area contributed by atoms with Crippen LogP contribution in [0.3, 0.4) is 0 Å². The van der Waals surface area contributed by atoms with E-state index in [9.17, 15) is 9.59 Å². The van der Waals surface area contributed by atoms with Crippen LogP contribution in [0.2, 0.25) is 0 Å². The molecule has 0 amide bonds. The second-order valence-electron chi connectivity index (χ2n) is 9.15. The zero-order chi connectivity index (χ0) is 24.1. The summed E-state index contributed by atoms with van der Waals surface area (Å²) in [7, 11) is 0. The Morgan fingerprint density at radius 1 is 0.758 bits per heavy atom. The van der Waals surface area contributed by atoms with Gasteiger partial charge in [0.15, 0.2) is 0 Å². The molecule has 0 aliphatic heterocycles. The summed E-state index contributed by atoms with van der Waals surface area (Å²) in [6.45, 7) is 8.89. The van der Waals surface area contributed by atoms with E-state index in [1.807, 2.05) is 60.7 Å². The number of ether oxygens (including phenoxy) is 2. The molecule has 0 atom stereocenters. The average Bonchev–Trinajstić information content (AvgIpc) is 2.82. The summed E-state index contributed by atoms with van der Waals surface area (Å²) in [4.78, 5) is 24.8. The summed E-state index contributed by atoms with van der Waals surface area (Å²) >= 11 is 0. The van der Waals surface area contributed by atoms with Crippen molar-refractivity contribution in [3.63, 3.8) is 0 Å². The van der Waals surface area contributed by atoms with Crippen molar-refractivity contribution < 1.29 is 19.1 Å². The van der Waals surface area contributed by atoms with E-state index < -0.39 is 17.4 Å². The molecule has 0 radical (unpaired) electrons. The fourth-order valence-corrected chi connectivity index (χ4v) is 3.37. The molecule has 0 aromatic heterocycles. The highest BCUT2D eigenvalue weighted by Crippen LogP contribution is 2.35. The lowest BCUT2D eigenvalue weighted by Gasteiger charge is -2.37. The highest BCUT2D eigenvalue weighted by molar-refractivity contribution is 5.87. The molecular weight excluding hydrogens is 412 g/mol. The maximum absolute atomic E-state index is 12.4. The van der Waals surface area contributed by atoms with Crippen LogP contribution in [0.25, 0.3) is 12.2 Å². The van der Waals surface area contributed by atoms with Gasteiger partial charge in [-0.3, -0.25) is 0 Å². The van der Waals surface area contributed by atoms with Crippen molar-refractivity contribution >= 4 is 24.1 Å². The molecule has 0 fully saturated rings. The zero-order valence-corrected chi connectivity index (χ0v) is 20.2. The van der Waals surface area contributed by atoms with Gasteiger partial charge in [-0.2, -0.15) is 0 Å². The lowest BCUT2D eigenvalue weighted by molar-refractivity contribution is -0.151. The van der Waals surface area contributed by atoms with Crippen molar-refractivity contribution in [2.75, 3.05) is 13.2 Å². The second kappa shape index (κ2) is 13.4. The van der Waals surface area contributed by atoms with Crippen LogP contribution in [-0.4, -0.2) is 25.2 Å². The highest BCUT2D eigenvalue weighted by atomic mass is 16.5. The summed E-state index contributed by atoms with van der Waals surface area (Å²) in [5.74, 6) is -0.147. The smallest absolute Gasteiger partial charge is 0.330 e. The Balaban J connectivity index is 2.04. The summed E-state index contributed by atoms with van der Waals surface area (Å²) in [5, 5.41) is 0. The summed E-state index contributed by atoms with van der Waals surface area (Å²) in [6.07, 6.45) is 8.11. The van der Waals surface area contributed by atoms with Gasteiger partial charge in [-0.05, 0) is 41.5 Å². The number of hydrogen-bond donors (Lipinski definition) is 0. The largest absolute Gasteiger partial charge is 0.462 e. The second-order valence-corrected chi connectivity index (χ2v) is 9.15. The maximum Gasteiger partial charge on any atom is 0.330 e. The first kappa shape index (κ1) is 26.1. The third-order valence-electron chi connectivity index (χ3n) is 5.87. The SMILES string of the molecule is CC(C)CCC(COC(=O)C=Cc1ccccc1)(COC(=O)C=Cc1ccccc1)C(C)C. The molecule has 0 N–H and O–H groups in total. The van der Waals surface area contributed by atoms with E-state index in [0.717, 1.165) is 24.0 Å². The van der Waals surface area contributed by atoms with Gasteiger partial charge in [0.1, 0.15) is 13.2 Å². The van der Waals surface area contributed by atoms with E-state index >= 15 is 0 Å². The number of carbonyl (C=O) groups is 2. The number of carbonyl (C=O) groups excluding carboxylic acids is 2. The summed E-state index contributed by atoms with van der Waals surface area (Å²) in [5.41, 5.74) is 1.42. The minimum absolute atomic E-state index is 0.160. The van der Waals surface area contributed by atoms with Crippen molar-refractivity contribution in [1.29, 1.82) is 0 Å². The third-order valence-corrected chi connectivity index (χ3v) is 5.87. The van der Waals surface area contributed by atoms with Gasteiger partial charge in [-0.1, -0.05) is 94.8 Å². The van der Waals surface area contributed by atoms with Gasteiger partial charge in [0.05, 0.1) is 0 Å². The van der Waals surface area contributed by atoms with Crippen LogP contribution in [0.5, 0.6) is 0 Å². The van der Waals surface area contributed by atoms with Crippen molar-refractivity contribution in [2.24, 2.45) is 17.3 Å². The van der Waals surface area contributed by atoms with Crippen molar-refractivity contribution in [2.45, 2.75) is 40.5 Å². The number of rotatable bonds is 12. The van der Waals surface area contributed by atoms with Gasteiger partial charge in [0.2, 0.25) is 0 Å². The molecule has 0 heterocycles. The van der Waals surface area contributed by atoms with Crippen LogP contribution >= 0.6 is 0 Å². The zero-order valence-electron chi connectivity index (χ0n) is 20.2. The molecule has 0 spiro atoms. The molecule has 0 saturated carbocycles. The van der Waals surface area contributed by atoms with Crippen LogP contribution < -0.4 is 0 Å². The molecule has 2 rings (SSSR count). The van der Waals surface area contributed by atoms with E-state index in [2.05, 4.69) is 27.7 Å². The average molecular weight is 449 g/mol. The van der Waals surface area contributed by atoms with E-state index in [4.69, 9.17) is 9.47 Å². The molecule has 2 aromatic carbocycles. The van der Waals surface area contributed by atoms with Crippen molar-refractivity contribution in [3.05, 3.63) is 83.9 Å². The lowest BCUT2D eigenvalue weighted by Crippen LogP contribution is -2.39. The topological polar surface area (TPSA) is 52.6 Å². The standard InChI is InChI=1S/C29H36O4/c1-23(2)19-20-29(24(3)4,21-32-27(30)17-15-25-11-7-5-8-12-25)22-33-28(31)18-16-26-13-9-6-10-14-26/h5-18,23-24H,19-22H2,1-4H3. The first-order valence-corrected chi connectivity index (χ1v) is 11.6. The first-order valence-electron chi connectivity index (χ1n) is 11.6. The highest BCUT2D eigenvalue weighted by Gasteiger charge is 2.36. The molecule has 0 aliphatic carbocycles. The van der Waals surface area contributed by atoms with E-state index in [1.54, 1.807) is 12.2 Å². The van der Waals surface area contributed by atoms with Gasteiger partial charge in [0, 0.05) is 17.6 Å². The Morgan fingerprint density at radius 2 is 1.18 bits per heavy atom. The minimum Gasteiger partial charge on any atom is -0.462 e. The van der Waals surface area contributed by atoms with E-state index in [-0.39, 0.29) is 19.1 Å². The van der Waals surface area contributed by atoms with Gasteiger partial charge in [-0.15, -0.1) is 0 Å². The Kier molecular flexibility index (Phi) is 10.6. The molecule has 33 heavy (non-hydrogen) atoms. The van der Waals surface area contributed by atoms with Gasteiger partial charge in [-0.25, -0.2) is 9.59 Å². The fourth-order valence-electron chi connectivity index (χ4n) is 3.37. The molecular formula is C29H36O4. The van der Waals surface area contributed by atoms with Crippen LogP contribution in [0.15, 0.2) is 72.8 Å². The third kappa shape index (κ3) is 9.48. The molecule has 0 unspecified atom stereocenters.